The van der Waals surface area contributed by atoms with Crippen LogP contribution in [0.2, 0.25) is 0 Å². The van der Waals surface area contributed by atoms with E-state index in [-0.39, 0.29) is 0 Å². The Kier molecular flexibility index (Phi) is 5.81. The zero-order valence-corrected chi connectivity index (χ0v) is 13.2. The van der Waals surface area contributed by atoms with Gasteiger partial charge in [0.15, 0.2) is 5.76 Å². The Hall–Kier alpha value is -1.81. The minimum atomic E-state index is 0.728. The Balaban J connectivity index is 1.90. The molecular formula is C17H25N3O. The summed E-state index contributed by atoms with van der Waals surface area (Å²) < 4.78 is 5.40. The predicted octanol–water partition coefficient (Wildman–Crippen LogP) is 3.37. The first-order valence-electron chi connectivity index (χ1n) is 7.68. The number of aromatic nitrogens is 1. The van der Waals surface area contributed by atoms with Gasteiger partial charge in [0.2, 0.25) is 0 Å². The van der Waals surface area contributed by atoms with E-state index in [9.17, 15) is 0 Å². The number of hydrogen-bond acceptors (Lipinski definition) is 4. The number of nitrogens with zero attached hydrogens (tertiary/aromatic N) is 2. The zero-order valence-electron chi connectivity index (χ0n) is 13.2. The number of anilines is 1. The van der Waals surface area contributed by atoms with Gasteiger partial charge in [0.05, 0.1) is 12.2 Å². The minimum Gasteiger partial charge on any atom is -0.367 e. The first-order valence-corrected chi connectivity index (χ1v) is 7.68. The maximum Gasteiger partial charge on any atom is 0.156 e. The van der Waals surface area contributed by atoms with E-state index in [0.717, 1.165) is 43.9 Å². The smallest absolute Gasteiger partial charge is 0.156 e. The Bertz CT molecular complexity index is 533. The fraction of sp³-hybridized carbons (Fsp3) is 0.471. The summed E-state index contributed by atoms with van der Waals surface area (Å²) in [5, 5.41) is 7.42. The molecule has 2 rings (SSSR count). The van der Waals surface area contributed by atoms with E-state index in [0.29, 0.717) is 0 Å². The fourth-order valence-corrected chi connectivity index (χ4v) is 2.22. The Morgan fingerprint density at radius 2 is 1.95 bits per heavy atom. The molecule has 0 radical (unpaired) electrons. The molecule has 114 valence electrons. The maximum absolute atomic E-state index is 5.40. The first kappa shape index (κ1) is 15.6. The van der Waals surface area contributed by atoms with E-state index in [1.807, 2.05) is 6.07 Å². The van der Waals surface area contributed by atoms with Gasteiger partial charge in [0.1, 0.15) is 0 Å². The maximum atomic E-state index is 5.40. The molecule has 0 aliphatic carbocycles. The second-order valence-corrected chi connectivity index (χ2v) is 5.34. The highest BCUT2D eigenvalue weighted by Crippen LogP contribution is 2.17. The largest absolute Gasteiger partial charge is 0.367 e. The van der Waals surface area contributed by atoms with Crippen LogP contribution in [0.25, 0.3) is 0 Å². The van der Waals surface area contributed by atoms with Crippen LogP contribution in [0.3, 0.4) is 0 Å². The van der Waals surface area contributed by atoms with Gasteiger partial charge in [0, 0.05) is 25.3 Å². The number of aryl methyl sites for hydroxylation is 1. The number of rotatable bonds is 8. The molecule has 0 bridgehead atoms. The molecule has 4 heteroatoms. The number of benzene rings is 1. The van der Waals surface area contributed by atoms with Gasteiger partial charge in [-0.3, -0.25) is 0 Å². The lowest BCUT2D eigenvalue weighted by Crippen LogP contribution is -2.16. The van der Waals surface area contributed by atoms with Crippen LogP contribution in [-0.2, 0) is 19.5 Å². The van der Waals surface area contributed by atoms with E-state index in [2.05, 4.69) is 60.5 Å². The summed E-state index contributed by atoms with van der Waals surface area (Å²) in [6, 6.07) is 10.7. The summed E-state index contributed by atoms with van der Waals surface area (Å²) in [7, 11) is 2.07. The van der Waals surface area contributed by atoms with Gasteiger partial charge in [-0.1, -0.05) is 31.1 Å². The third kappa shape index (κ3) is 4.60. The van der Waals surface area contributed by atoms with E-state index in [1.165, 1.54) is 11.3 Å². The van der Waals surface area contributed by atoms with Crippen LogP contribution in [0.15, 0.2) is 34.9 Å². The van der Waals surface area contributed by atoms with Gasteiger partial charge >= 0.3 is 0 Å². The lowest BCUT2D eigenvalue weighted by atomic mass is 10.1. The van der Waals surface area contributed by atoms with Crippen molar-refractivity contribution in [2.75, 3.05) is 18.5 Å². The lowest BCUT2D eigenvalue weighted by Gasteiger charge is -2.17. The molecule has 1 aromatic carbocycles. The Labute approximate surface area is 127 Å². The summed E-state index contributed by atoms with van der Waals surface area (Å²) in [6.07, 6.45) is 2.20. The number of hydrogen-bond donors (Lipinski definition) is 1. The summed E-state index contributed by atoms with van der Waals surface area (Å²) in [5.41, 5.74) is 3.51. The van der Waals surface area contributed by atoms with Crippen LogP contribution in [0.4, 0.5) is 5.69 Å². The molecule has 0 amide bonds. The fourth-order valence-electron chi connectivity index (χ4n) is 2.22. The van der Waals surface area contributed by atoms with Gasteiger partial charge in [-0.2, -0.15) is 0 Å². The third-order valence-electron chi connectivity index (χ3n) is 3.52. The first-order chi connectivity index (χ1) is 10.2. The lowest BCUT2D eigenvalue weighted by molar-refractivity contribution is 0.375. The normalized spacial score (nSPS) is 10.8. The predicted molar refractivity (Wildman–Crippen MR) is 86.4 cm³/mol. The van der Waals surface area contributed by atoms with Crippen molar-refractivity contribution >= 4 is 5.69 Å². The highest BCUT2D eigenvalue weighted by Gasteiger charge is 2.08. The molecule has 0 spiro atoms. The quantitative estimate of drug-likeness (QED) is 0.756. The van der Waals surface area contributed by atoms with Gasteiger partial charge < -0.3 is 14.7 Å². The summed E-state index contributed by atoms with van der Waals surface area (Å²) in [6.45, 7) is 6.83. The second-order valence-electron chi connectivity index (χ2n) is 5.34. The van der Waals surface area contributed by atoms with Crippen molar-refractivity contribution in [3.8, 4) is 0 Å². The summed E-state index contributed by atoms with van der Waals surface area (Å²) in [5.74, 6) is 0.894. The van der Waals surface area contributed by atoms with Crippen LogP contribution in [-0.4, -0.2) is 18.7 Å². The van der Waals surface area contributed by atoms with Gasteiger partial charge in [-0.15, -0.1) is 0 Å². The molecule has 0 saturated carbocycles. The van der Waals surface area contributed by atoms with Crippen molar-refractivity contribution in [3.05, 3.63) is 47.3 Å². The third-order valence-corrected chi connectivity index (χ3v) is 3.52. The van der Waals surface area contributed by atoms with E-state index in [1.54, 1.807) is 0 Å². The highest BCUT2D eigenvalue weighted by molar-refractivity contribution is 5.47. The van der Waals surface area contributed by atoms with Crippen LogP contribution in [0, 0.1) is 0 Å². The Morgan fingerprint density at radius 3 is 2.62 bits per heavy atom. The van der Waals surface area contributed by atoms with Gasteiger partial charge in [-0.05, 0) is 37.1 Å². The van der Waals surface area contributed by atoms with Crippen molar-refractivity contribution in [2.24, 2.45) is 0 Å². The monoisotopic (exact) mass is 287 g/mol. The molecule has 0 unspecified atom stereocenters. The zero-order chi connectivity index (χ0) is 15.1. The summed E-state index contributed by atoms with van der Waals surface area (Å²) >= 11 is 0. The number of nitrogens with one attached hydrogen (secondary N) is 1. The molecule has 1 N–H and O–H groups in total. The van der Waals surface area contributed by atoms with Gasteiger partial charge in [0.25, 0.3) is 0 Å². The molecule has 21 heavy (non-hydrogen) atoms. The van der Waals surface area contributed by atoms with Crippen LogP contribution in [0.5, 0.6) is 0 Å². The average molecular weight is 287 g/mol. The molecule has 0 fully saturated rings. The topological polar surface area (TPSA) is 41.3 Å². The molecule has 4 nitrogen and oxygen atoms in total. The molecule has 1 aromatic heterocycles. The highest BCUT2D eigenvalue weighted by atomic mass is 16.5. The average Bonchev–Trinajstić information content (AvgIpc) is 2.95. The minimum absolute atomic E-state index is 0.728. The van der Waals surface area contributed by atoms with E-state index >= 15 is 0 Å². The second kappa shape index (κ2) is 7.84. The van der Waals surface area contributed by atoms with E-state index in [4.69, 9.17) is 4.52 Å². The SMILES string of the molecule is CCCNCc1cc(CN(C)c2ccc(CC)cc2)on1. The molecule has 0 aliphatic heterocycles. The molecule has 2 aromatic rings. The van der Waals surface area contributed by atoms with Crippen molar-refractivity contribution in [1.82, 2.24) is 10.5 Å². The van der Waals surface area contributed by atoms with E-state index < -0.39 is 0 Å². The standard InChI is InChI=1S/C17H25N3O/c1-4-10-18-12-15-11-17(21-19-15)13-20(3)16-8-6-14(5-2)7-9-16/h6-9,11,18H,4-5,10,12-13H2,1-3H3. The molecule has 1 heterocycles. The van der Waals surface area contributed by atoms with Crippen molar-refractivity contribution in [1.29, 1.82) is 0 Å². The summed E-state index contributed by atoms with van der Waals surface area (Å²) in [4.78, 5) is 2.17. The van der Waals surface area contributed by atoms with Crippen LogP contribution < -0.4 is 10.2 Å². The van der Waals surface area contributed by atoms with Crippen LogP contribution in [0.1, 0.15) is 37.3 Å². The van der Waals surface area contributed by atoms with Crippen molar-refractivity contribution < 1.29 is 4.52 Å². The molecule has 0 saturated heterocycles. The van der Waals surface area contributed by atoms with Crippen molar-refractivity contribution in [2.45, 2.75) is 39.8 Å². The van der Waals surface area contributed by atoms with Gasteiger partial charge in [-0.25, -0.2) is 0 Å². The van der Waals surface area contributed by atoms with Crippen LogP contribution >= 0.6 is 0 Å². The molecule has 0 aliphatic rings. The van der Waals surface area contributed by atoms with Crippen molar-refractivity contribution in [3.63, 3.8) is 0 Å². The molecule has 0 atom stereocenters. The molecular weight excluding hydrogens is 262 g/mol. The Morgan fingerprint density at radius 1 is 1.19 bits per heavy atom.